The summed E-state index contributed by atoms with van der Waals surface area (Å²) in [6.07, 6.45) is 6.79. The van der Waals surface area contributed by atoms with Crippen molar-refractivity contribution in [1.82, 2.24) is 4.90 Å². The molecule has 14 heavy (non-hydrogen) atoms. The Kier molecular flexibility index (Phi) is 3.13. The van der Waals surface area contributed by atoms with Crippen LogP contribution in [0.25, 0.3) is 0 Å². The van der Waals surface area contributed by atoms with Crippen LogP contribution < -0.4 is 0 Å². The number of rotatable bonds is 2. The van der Waals surface area contributed by atoms with Gasteiger partial charge < -0.3 is 5.11 Å². The molecule has 1 heterocycles. The third-order valence-electron chi connectivity index (χ3n) is 4.27. The fourth-order valence-corrected chi connectivity index (χ4v) is 3.22. The molecule has 0 aromatic carbocycles. The highest BCUT2D eigenvalue weighted by Gasteiger charge is 2.38. The van der Waals surface area contributed by atoms with Crippen LogP contribution in [0, 0.1) is 5.92 Å². The minimum absolute atomic E-state index is 0.185. The van der Waals surface area contributed by atoms with Gasteiger partial charge in [0.2, 0.25) is 0 Å². The summed E-state index contributed by atoms with van der Waals surface area (Å²) in [4.78, 5) is 2.55. The van der Waals surface area contributed by atoms with E-state index in [0.717, 1.165) is 12.0 Å². The smallest absolute Gasteiger partial charge is 0.0664 e. The second-order valence-corrected chi connectivity index (χ2v) is 5.12. The van der Waals surface area contributed by atoms with Gasteiger partial charge in [0.25, 0.3) is 0 Å². The van der Waals surface area contributed by atoms with Gasteiger partial charge in [0.15, 0.2) is 0 Å². The quantitative estimate of drug-likeness (QED) is 0.732. The number of likely N-dealkylation sites (tertiary alicyclic amines) is 1. The number of fused-ring (bicyclic) bond motifs is 1. The molecule has 1 aliphatic heterocycles. The molecular weight excluding hydrogens is 174 g/mol. The monoisotopic (exact) mass is 197 g/mol. The van der Waals surface area contributed by atoms with Gasteiger partial charge in [0, 0.05) is 12.1 Å². The largest absolute Gasteiger partial charge is 0.392 e. The van der Waals surface area contributed by atoms with E-state index >= 15 is 0 Å². The summed E-state index contributed by atoms with van der Waals surface area (Å²) in [5.41, 5.74) is 0. The molecule has 1 saturated heterocycles. The Labute approximate surface area is 87.3 Å². The molecule has 0 bridgehead atoms. The van der Waals surface area contributed by atoms with Gasteiger partial charge in [-0.15, -0.1) is 0 Å². The van der Waals surface area contributed by atoms with Crippen molar-refractivity contribution >= 4 is 0 Å². The number of hydrogen-bond donors (Lipinski definition) is 1. The summed E-state index contributed by atoms with van der Waals surface area (Å²) in [6.45, 7) is 5.30. The first-order valence-corrected chi connectivity index (χ1v) is 6.14. The van der Waals surface area contributed by atoms with E-state index in [1.807, 2.05) is 6.92 Å². The lowest BCUT2D eigenvalue weighted by Crippen LogP contribution is -2.45. The molecule has 0 radical (unpaired) electrons. The first-order chi connectivity index (χ1) is 6.70. The molecule has 2 nitrogen and oxygen atoms in total. The van der Waals surface area contributed by atoms with Crippen LogP contribution in [0.1, 0.15) is 46.0 Å². The fraction of sp³-hybridized carbons (Fsp3) is 1.00. The van der Waals surface area contributed by atoms with Crippen molar-refractivity contribution in [2.24, 2.45) is 5.92 Å². The number of hydrogen-bond acceptors (Lipinski definition) is 2. The van der Waals surface area contributed by atoms with Crippen LogP contribution in [0.5, 0.6) is 0 Å². The Morgan fingerprint density at radius 2 is 1.86 bits per heavy atom. The first-order valence-electron chi connectivity index (χ1n) is 6.14. The predicted octanol–water partition coefficient (Wildman–Crippen LogP) is 2.02. The van der Waals surface area contributed by atoms with Crippen molar-refractivity contribution < 1.29 is 5.11 Å². The van der Waals surface area contributed by atoms with E-state index in [1.165, 1.54) is 38.6 Å². The molecular formula is C12H23NO. The second-order valence-electron chi connectivity index (χ2n) is 5.12. The second kappa shape index (κ2) is 4.19. The maximum atomic E-state index is 9.63. The van der Waals surface area contributed by atoms with Gasteiger partial charge in [0.05, 0.1) is 6.10 Å². The highest BCUT2D eigenvalue weighted by molar-refractivity contribution is 4.92. The zero-order valence-corrected chi connectivity index (χ0v) is 9.45. The van der Waals surface area contributed by atoms with Gasteiger partial charge in [-0.2, -0.15) is 0 Å². The summed E-state index contributed by atoms with van der Waals surface area (Å²) in [7, 11) is 0. The topological polar surface area (TPSA) is 23.5 Å². The maximum absolute atomic E-state index is 9.63. The third-order valence-corrected chi connectivity index (χ3v) is 4.27. The van der Waals surface area contributed by atoms with E-state index in [2.05, 4.69) is 11.8 Å². The van der Waals surface area contributed by atoms with Crippen LogP contribution in [0.3, 0.4) is 0 Å². The van der Waals surface area contributed by atoms with Crippen LogP contribution in [-0.4, -0.2) is 34.7 Å². The lowest BCUT2D eigenvalue weighted by Gasteiger charge is -2.36. The summed E-state index contributed by atoms with van der Waals surface area (Å²) in [5.74, 6) is 0.935. The Morgan fingerprint density at radius 3 is 2.57 bits per heavy atom. The van der Waals surface area contributed by atoms with Gasteiger partial charge in [-0.05, 0) is 45.6 Å². The summed E-state index contributed by atoms with van der Waals surface area (Å²) >= 11 is 0. The maximum Gasteiger partial charge on any atom is 0.0664 e. The predicted molar refractivity (Wildman–Crippen MR) is 58.2 cm³/mol. The van der Waals surface area contributed by atoms with E-state index in [0.29, 0.717) is 6.04 Å². The Hall–Kier alpha value is -0.0800. The minimum Gasteiger partial charge on any atom is -0.392 e. The van der Waals surface area contributed by atoms with Gasteiger partial charge in [-0.25, -0.2) is 0 Å². The molecule has 82 valence electrons. The molecule has 4 atom stereocenters. The normalized spacial score (nSPS) is 37.9. The standard InChI is InChI=1S/C12H23NO/c1-9(10(2)14)13-8-7-11-5-3-4-6-12(11)13/h9-12,14H,3-8H2,1-2H3. The van der Waals surface area contributed by atoms with Gasteiger partial charge in [-0.1, -0.05) is 12.8 Å². The molecule has 2 heteroatoms. The van der Waals surface area contributed by atoms with E-state index in [9.17, 15) is 5.11 Å². The first kappa shape index (κ1) is 10.4. The Balaban J connectivity index is 2.00. The fourth-order valence-electron chi connectivity index (χ4n) is 3.22. The molecule has 2 rings (SSSR count). The van der Waals surface area contributed by atoms with Crippen molar-refractivity contribution in [3.05, 3.63) is 0 Å². The highest BCUT2D eigenvalue weighted by Crippen LogP contribution is 2.37. The van der Waals surface area contributed by atoms with Crippen molar-refractivity contribution in [2.75, 3.05) is 6.54 Å². The molecule has 2 aliphatic rings. The average Bonchev–Trinajstić information content (AvgIpc) is 2.60. The van der Waals surface area contributed by atoms with Crippen LogP contribution in [0.4, 0.5) is 0 Å². The van der Waals surface area contributed by atoms with Crippen LogP contribution in [0.15, 0.2) is 0 Å². The molecule has 2 fully saturated rings. The number of aliphatic hydroxyl groups is 1. The van der Waals surface area contributed by atoms with E-state index in [-0.39, 0.29) is 6.10 Å². The lowest BCUT2D eigenvalue weighted by molar-refractivity contribution is 0.0480. The summed E-state index contributed by atoms with van der Waals surface area (Å²) in [6, 6.07) is 1.14. The van der Waals surface area contributed by atoms with E-state index < -0.39 is 0 Å². The average molecular weight is 197 g/mol. The van der Waals surface area contributed by atoms with Crippen molar-refractivity contribution in [3.8, 4) is 0 Å². The van der Waals surface area contributed by atoms with E-state index in [4.69, 9.17) is 0 Å². The molecule has 4 unspecified atom stereocenters. The number of nitrogens with zero attached hydrogens (tertiary/aromatic N) is 1. The van der Waals surface area contributed by atoms with Crippen LogP contribution in [-0.2, 0) is 0 Å². The number of aliphatic hydroxyl groups excluding tert-OH is 1. The van der Waals surface area contributed by atoms with Crippen molar-refractivity contribution in [3.63, 3.8) is 0 Å². The third kappa shape index (κ3) is 1.82. The van der Waals surface area contributed by atoms with Crippen molar-refractivity contribution in [1.29, 1.82) is 0 Å². The molecule has 1 aliphatic carbocycles. The molecule has 0 amide bonds. The molecule has 0 aromatic heterocycles. The van der Waals surface area contributed by atoms with E-state index in [1.54, 1.807) is 0 Å². The molecule has 1 N–H and O–H groups in total. The summed E-state index contributed by atoms with van der Waals surface area (Å²) in [5, 5.41) is 9.63. The SMILES string of the molecule is CC(O)C(C)N1CCC2CCCCC21. The van der Waals surface area contributed by atoms with Gasteiger partial charge in [0.1, 0.15) is 0 Å². The molecule has 0 spiro atoms. The highest BCUT2D eigenvalue weighted by atomic mass is 16.3. The van der Waals surface area contributed by atoms with Gasteiger partial charge in [-0.3, -0.25) is 4.90 Å². The summed E-state index contributed by atoms with van der Waals surface area (Å²) < 4.78 is 0. The zero-order chi connectivity index (χ0) is 10.1. The van der Waals surface area contributed by atoms with Crippen LogP contribution >= 0.6 is 0 Å². The minimum atomic E-state index is -0.185. The van der Waals surface area contributed by atoms with Gasteiger partial charge >= 0.3 is 0 Å². The Morgan fingerprint density at radius 1 is 1.14 bits per heavy atom. The van der Waals surface area contributed by atoms with Crippen molar-refractivity contribution in [2.45, 2.75) is 64.1 Å². The van der Waals surface area contributed by atoms with Crippen LogP contribution in [0.2, 0.25) is 0 Å². The molecule has 0 aromatic rings. The lowest BCUT2D eigenvalue weighted by atomic mass is 9.85. The molecule has 1 saturated carbocycles. The zero-order valence-electron chi connectivity index (χ0n) is 9.45. The Bertz CT molecular complexity index is 193.